The van der Waals surface area contributed by atoms with Crippen molar-refractivity contribution in [3.8, 4) is 0 Å². The number of aryl methyl sites for hydroxylation is 1. The number of carbonyl (C=O) groups is 1. The molecule has 1 aliphatic rings. The van der Waals surface area contributed by atoms with Crippen molar-refractivity contribution in [2.24, 2.45) is 5.41 Å². The number of rotatable bonds is 3. The first-order valence-corrected chi connectivity index (χ1v) is 5.71. The van der Waals surface area contributed by atoms with Crippen molar-refractivity contribution in [2.45, 2.75) is 39.0 Å². The molecular formula is C14H18O. The second kappa shape index (κ2) is 3.80. The normalized spacial score (nSPS) is 20.4. The first-order chi connectivity index (χ1) is 7.19. The van der Waals surface area contributed by atoms with Crippen molar-refractivity contribution in [1.82, 2.24) is 0 Å². The fourth-order valence-electron chi connectivity index (χ4n) is 2.62. The van der Waals surface area contributed by atoms with Crippen LogP contribution in [0.3, 0.4) is 0 Å². The molecule has 1 heteroatoms. The molecule has 1 saturated carbocycles. The van der Waals surface area contributed by atoms with Crippen molar-refractivity contribution >= 4 is 6.29 Å². The van der Waals surface area contributed by atoms with E-state index in [1.54, 1.807) is 0 Å². The molecule has 80 valence electrons. The van der Waals surface area contributed by atoms with Gasteiger partial charge in [0.1, 0.15) is 6.29 Å². The second-order valence-corrected chi connectivity index (χ2v) is 4.78. The Morgan fingerprint density at radius 2 is 2.00 bits per heavy atom. The van der Waals surface area contributed by atoms with Gasteiger partial charge in [-0.15, -0.1) is 0 Å². The summed E-state index contributed by atoms with van der Waals surface area (Å²) in [6.07, 6.45) is 4.51. The molecule has 0 aromatic heterocycles. The maximum atomic E-state index is 11.2. The first kappa shape index (κ1) is 10.4. The molecule has 1 atom stereocenters. The topological polar surface area (TPSA) is 17.1 Å². The lowest BCUT2D eigenvalue weighted by atomic mass is 9.60. The molecule has 0 bridgehead atoms. The molecule has 1 nitrogen and oxygen atoms in total. The minimum Gasteiger partial charge on any atom is -0.303 e. The molecule has 0 amide bonds. The van der Waals surface area contributed by atoms with Gasteiger partial charge in [-0.3, -0.25) is 0 Å². The molecular weight excluding hydrogens is 184 g/mol. The number of hydrogen-bond acceptors (Lipinski definition) is 1. The Labute approximate surface area is 91.5 Å². The van der Waals surface area contributed by atoms with Crippen LogP contribution in [0.1, 0.15) is 43.2 Å². The molecule has 0 saturated heterocycles. The zero-order valence-electron chi connectivity index (χ0n) is 9.49. The van der Waals surface area contributed by atoms with E-state index in [-0.39, 0.29) is 5.41 Å². The molecule has 0 aliphatic heterocycles. The van der Waals surface area contributed by atoms with E-state index in [1.165, 1.54) is 23.8 Å². The predicted molar refractivity (Wildman–Crippen MR) is 61.9 cm³/mol. The second-order valence-electron chi connectivity index (χ2n) is 4.78. The smallest absolute Gasteiger partial charge is 0.126 e. The first-order valence-electron chi connectivity index (χ1n) is 5.71. The van der Waals surface area contributed by atoms with Gasteiger partial charge >= 0.3 is 0 Å². The molecule has 0 N–H and O–H groups in total. The predicted octanol–water partition coefficient (Wildman–Crippen LogP) is 3.47. The van der Waals surface area contributed by atoms with Crippen LogP contribution in [0, 0.1) is 12.3 Å². The van der Waals surface area contributed by atoms with E-state index in [0.29, 0.717) is 5.92 Å². The Morgan fingerprint density at radius 3 is 2.47 bits per heavy atom. The third-order valence-electron chi connectivity index (χ3n) is 4.04. The monoisotopic (exact) mass is 202 g/mol. The molecule has 1 aromatic carbocycles. The fraction of sp³-hybridized carbons (Fsp3) is 0.500. The van der Waals surface area contributed by atoms with Gasteiger partial charge in [-0.05, 0) is 36.8 Å². The molecule has 1 aliphatic carbocycles. The summed E-state index contributed by atoms with van der Waals surface area (Å²) in [6, 6.07) is 8.41. The SMILES string of the molecule is Cc1ccccc1C(C)C1(C=O)CCC1. The molecule has 0 spiro atoms. The summed E-state index contributed by atoms with van der Waals surface area (Å²) in [4.78, 5) is 11.2. The van der Waals surface area contributed by atoms with Crippen molar-refractivity contribution in [3.05, 3.63) is 35.4 Å². The van der Waals surface area contributed by atoms with Crippen molar-refractivity contribution in [3.63, 3.8) is 0 Å². The van der Waals surface area contributed by atoms with Gasteiger partial charge in [0.15, 0.2) is 0 Å². The highest BCUT2D eigenvalue weighted by Crippen LogP contribution is 2.50. The van der Waals surface area contributed by atoms with Gasteiger partial charge < -0.3 is 4.79 Å². The summed E-state index contributed by atoms with van der Waals surface area (Å²) < 4.78 is 0. The number of carbonyl (C=O) groups excluding carboxylic acids is 1. The van der Waals surface area contributed by atoms with Crippen LogP contribution in [0.15, 0.2) is 24.3 Å². The van der Waals surface area contributed by atoms with Crippen molar-refractivity contribution in [2.75, 3.05) is 0 Å². The van der Waals surface area contributed by atoms with Crippen LogP contribution in [0.5, 0.6) is 0 Å². The van der Waals surface area contributed by atoms with Crippen LogP contribution in [0.25, 0.3) is 0 Å². The number of hydrogen-bond donors (Lipinski definition) is 0. The summed E-state index contributed by atoms with van der Waals surface area (Å²) in [6.45, 7) is 4.32. The summed E-state index contributed by atoms with van der Waals surface area (Å²) in [5.74, 6) is 0.366. The van der Waals surface area contributed by atoms with Crippen LogP contribution in [0.2, 0.25) is 0 Å². The Hall–Kier alpha value is -1.11. The molecule has 2 rings (SSSR count). The highest BCUT2D eigenvalue weighted by molar-refractivity contribution is 5.63. The van der Waals surface area contributed by atoms with E-state index in [9.17, 15) is 4.79 Å². The van der Waals surface area contributed by atoms with Crippen LogP contribution >= 0.6 is 0 Å². The highest BCUT2D eigenvalue weighted by Gasteiger charge is 2.42. The van der Waals surface area contributed by atoms with E-state index in [0.717, 1.165) is 12.8 Å². The minimum absolute atomic E-state index is 0.0634. The van der Waals surface area contributed by atoms with Crippen LogP contribution in [-0.4, -0.2) is 6.29 Å². The van der Waals surface area contributed by atoms with Crippen LogP contribution in [0.4, 0.5) is 0 Å². The maximum absolute atomic E-state index is 11.2. The Morgan fingerprint density at radius 1 is 1.33 bits per heavy atom. The van der Waals surface area contributed by atoms with Crippen molar-refractivity contribution < 1.29 is 4.79 Å². The summed E-state index contributed by atoms with van der Waals surface area (Å²) in [7, 11) is 0. The summed E-state index contributed by atoms with van der Waals surface area (Å²) in [5.41, 5.74) is 2.58. The van der Waals surface area contributed by atoms with Gasteiger partial charge in [-0.1, -0.05) is 37.6 Å². The molecule has 1 fully saturated rings. The van der Waals surface area contributed by atoms with E-state index >= 15 is 0 Å². The molecule has 0 radical (unpaired) electrons. The number of benzene rings is 1. The zero-order chi connectivity index (χ0) is 10.9. The average Bonchev–Trinajstić information content (AvgIpc) is 2.17. The summed E-state index contributed by atoms with van der Waals surface area (Å²) >= 11 is 0. The third-order valence-corrected chi connectivity index (χ3v) is 4.04. The van der Waals surface area contributed by atoms with Crippen molar-refractivity contribution in [1.29, 1.82) is 0 Å². The molecule has 1 aromatic rings. The lowest BCUT2D eigenvalue weighted by molar-refractivity contribution is -0.121. The number of aldehydes is 1. The van der Waals surface area contributed by atoms with E-state index < -0.39 is 0 Å². The minimum atomic E-state index is -0.0634. The third kappa shape index (κ3) is 1.60. The van der Waals surface area contributed by atoms with E-state index in [4.69, 9.17) is 0 Å². The van der Waals surface area contributed by atoms with E-state index in [1.807, 2.05) is 0 Å². The van der Waals surface area contributed by atoms with Crippen LogP contribution in [-0.2, 0) is 4.79 Å². The quantitative estimate of drug-likeness (QED) is 0.686. The van der Waals surface area contributed by atoms with Gasteiger partial charge in [0.2, 0.25) is 0 Å². The summed E-state index contributed by atoms with van der Waals surface area (Å²) in [5, 5.41) is 0. The lowest BCUT2D eigenvalue weighted by Crippen LogP contribution is -2.36. The molecule has 0 heterocycles. The standard InChI is InChI=1S/C14H18O/c1-11-6-3-4-7-13(11)12(2)14(10-15)8-5-9-14/h3-4,6-7,10,12H,5,8-9H2,1-2H3. The van der Waals surface area contributed by atoms with Gasteiger partial charge in [0.25, 0.3) is 0 Å². The Bertz CT molecular complexity index is 363. The van der Waals surface area contributed by atoms with Gasteiger partial charge in [0.05, 0.1) is 0 Å². The zero-order valence-corrected chi connectivity index (χ0v) is 9.49. The van der Waals surface area contributed by atoms with Crippen LogP contribution < -0.4 is 0 Å². The molecule has 15 heavy (non-hydrogen) atoms. The largest absolute Gasteiger partial charge is 0.303 e. The fourth-order valence-corrected chi connectivity index (χ4v) is 2.62. The average molecular weight is 202 g/mol. The Balaban J connectivity index is 2.31. The maximum Gasteiger partial charge on any atom is 0.126 e. The lowest BCUT2D eigenvalue weighted by Gasteiger charge is -2.42. The molecule has 1 unspecified atom stereocenters. The Kier molecular flexibility index (Phi) is 2.64. The van der Waals surface area contributed by atoms with Gasteiger partial charge in [-0.2, -0.15) is 0 Å². The van der Waals surface area contributed by atoms with E-state index in [2.05, 4.69) is 38.1 Å². The highest BCUT2D eigenvalue weighted by atomic mass is 16.1. The van der Waals surface area contributed by atoms with Gasteiger partial charge in [-0.25, -0.2) is 0 Å². The van der Waals surface area contributed by atoms with Gasteiger partial charge in [0, 0.05) is 5.41 Å².